The molecule has 0 atom stereocenters. The quantitative estimate of drug-likeness (QED) is 0.364. The number of carbonyl (C=O) groups is 2. The fourth-order valence-electron chi connectivity index (χ4n) is 4.27. The number of fused-ring (bicyclic) bond motifs is 1. The highest BCUT2D eigenvalue weighted by Gasteiger charge is 2.25. The molecule has 5 heteroatoms. The Labute approximate surface area is 210 Å². The van der Waals surface area contributed by atoms with Gasteiger partial charge in [0.05, 0.1) is 6.54 Å². The highest BCUT2D eigenvalue weighted by atomic mass is 16.2. The summed E-state index contributed by atoms with van der Waals surface area (Å²) in [5, 5.41) is 1.19. The number of para-hydroxylation sites is 1. The monoisotopic (exact) mass is 475 g/mol. The van der Waals surface area contributed by atoms with Crippen molar-refractivity contribution < 1.29 is 9.59 Å². The lowest BCUT2D eigenvalue weighted by atomic mass is 9.91. The van der Waals surface area contributed by atoms with E-state index >= 15 is 0 Å². The van der Waals surface area contributed by atoms with Crippen molar-refractivity contribution in [2.45, 2.75) is 66.8 Å². The highest BCUT2D eigenvalue weighted by Crippen LogP contribution is 2.21. The smallest absolute Gasteiger partial charge is 0.242 e. The largest absolute Gasteiger partial charge is 0.361 e. The van der Waals surface area contributed by atoms with Gasteiger partial charge in [-0.2, -0.15) is 0 Å². The topological polar surface area (TPSA) is 56.4 Å². The summed E-state index contributed by atoms with van der Waals surface area (Å²) < 4.78 is 0. The summed E-state index contributed by atoms with van der Waals surface area (Å²) in [7, 11) is 0. The average Bonchev–Trinajstić information content (AvgIpc) is 3.22. The molecule has 0 fully saturated rings. The number of hydrogen-bond donors (Lipinski definition) is 1. The Morgan fingerprint density at radius 3 is 2.31 bits per heavy atom. The van der Waals surface area contributed by atoms with Crippen molar-refractivity contribution in [3.8, 4) is 0 Å². The minimum Gasteiger partial charge on any atom is -0.361 e. The maximum absolute atomic E-state index is 13.6. The summed E-state index contributed by atoms with van der Waals surface area (Å²) in [6, 6.07) is 16.6. The molecule has 0 aliphatic carbocycles. The molecular formula is C30H41N3O2. The highest BCUT2D eigenvalue weighted by molar-refractivity contribution is 5.85. The van der Waals surface area contributed by atoms with Crippen LogP contribution in [-0.2, 0) is 22.6 Å². The molecule has 3 aromatic rings. The van der Waals surface area contributed by atoms with Crippen LogP contribution in [0.25, 0.3) is 10.9 Å². The summed E-state index contributed by atoms with van der Waals surface area (Å²) in [5.41, 5.74) is 4.50. The van der Waals surface area contributed by atoms with Crippen molar-refractivity contribution in [3.63, 3.8) is 0 Å². The van der Waals surface area contributed by atoms with Crippen LogP contribution in [0.1, 0.15) is 63.6 Å². The first kappa shape index (κ1) is 26.5. The molecule has 0 radical (unpaired) electrons. The molecule has 2 aromatic carbocycles. The van der Waals surface area contributed by atoms with Gasteiger partial charge in [0.15, 0.2) is 0 Å². The second-order valence-corrected chi connectivity index (χ2v) is 10.8. The standard InChI is InChI=1S/C30H41N3O2/c1-6-7-17-32(28(34)19-30(3,4)5)22-29(35)33(21-24-14-12-23(2)13-15-24)18-16-25-20-31-27-11-9-8-10-26(25)27/h8-15,20,31H,6-7,16-19,21-22H2,1-5H3. The fourth-order valence-corrected chi connectivity index (χ4v) is 4.27. The van der Waals surface area contributed by atoms with E-state index in [1.54, 1.807) is 4.90 Å². The van der Waals surface area contributed by atoms with Crippen LogP contribution in [0, 0.1) is 12.3 Å². The van der Waals surface area contributed by atoms with Gasteiger partial charge in [0.1, 0.15) is 0 Å². The van der Waals surface area contributed by atoms with Gasteiger partial charge in [-0.1, -0.05) is 82.1 Å². The number of nitrogens with zero attached hydrogens (tertiary/aromatic N) is 2. The normalized spacial score (nSPS) is 11.6. The molecule has 1 N–H and O–H groups in total. The molecule has 0 aliphatic heterocycles. The molecule has 0 bridgehead atoms. The molecule has 0 unspecified atom stereocenters. The fraction of sp³-hybridized carbons (Fsp3) is 0.467. The molecule has 1 heterocycles. The van der Waals surface area contributed by atoms with Crippen LogP contribution in [0.2, 0.25) is 0 Å². The lowest BCUT2D eigenvalue weighted by Gasteiger charge is -2.30. The maximum Gasteiger partial charge on any atom is 0.242 e. The zero-order valence-corrected chi connectivity index (χ0v) is 22.1. The molecule has 188 valence electrons. The Morgan fingerprint density at radius 1 is 0.914 bits per heavy atom. The lowest BCUT2D eigenvalue weighted by Crippen LogP contribution is -2.44. The molecule has 1 aromatic heterocycles. The second kappa shape index (κ2) is 12.1. The van der Waals surface area contributed by atoms with E-state index in [-0.39, 0.29) is 23.8 Å². The van der Waals surface area contributed by atoms with Crippen molar-refractivity contribution >= 4 is 22.7 Å². The summed E-state index contributed by atoms with van der Waals surface area (Å²) >= 11 is 0. The van der Waals surface area contributed by atoms with E-state index in [4.69, 9.17) is 0 Å². The van der Waals surface area contributed by atoms with Crippen molar-refractivity contribution in [1.82, 2.24) is 14.8 Å². The van der Waals surface area contributed by atoms with Crippen molar-refractivity contribution in [3.05, 3.63) is 71.4 Å². The van der Waals surface area contributed by atoms with Gasteiger partial charge in [0, 0.05) is 43.2 Å². The predicted octanol–water partition coefficient (Wildman–Crippen LogP) is 6.11. The van der Waals surface area contributed by atoms with Gasteiger partial charge in [0.25, 0.3) is 0 Å². The number of aromatic amines is 1. The van der Waals surface area contributed by atoms with Crippen LogP contribution in [0.3, 0.4) is 0 Å². The molecule has 3 rings (SSSR count). The van der Waals surface area contributed by atoms with Crippen LogP contribution in [0.5, 0.6) is 0 Å². The minimum absolute atomic E-state index is 0.00350. The Balaban J connectivity index is 1.77. The zero-order chi connectivity index (χ0) is 25.4. The average molecular weight is 476 g/mol. The van der Waals surface area contributed by atoms with Crippen LogP contribution < -0.4 is 0 Å². The zero-order valence-electron chi connectivity index (χ0n) is 22.1. The van der Waals surface area contributed by atoms with Crippen LogP contribution in [-0.4, -0.2) is 46.2 Å². The van der Waals surface area contributed by atoms with Gasteiger partial charge in [0.2, 0.25) is 11.8 Å². The molecule has 0 saturated carbocycles. The number of unbranched alkanes of at least 4 members (excludes halogenated alkanes) is 1. The number of amides is 2. The number of nitrogens with one attached hydrogen (secondary N) is 1. The van der Waals surface area contributed by atoms with E-state index < -0.39 is 0 Å². The van der Waals surface area contributed by atoms with Gasteiger partial charge >= 0.3 is 0 Å². The van der Waals surface area contributed by atoms with E-state index in [1.165, 1.54) is 16.5 Å². The third-order valence-corrected chi connectivity index (χ3v) is 6.31. The summed E-state index contributed by atoms with van der Waals surface area (Å²) in [6.07, 6.45) is 5.13. The SMILES string of the molecule is CCCCN(CC(=O)N(CCc1c[nH]c2ccccc12)Cc1ccc(C)cc1)C(=O)CC(C)(C)C. The molecule has 5 nitrogen and oxygen atoms in total. The number of hydrogen-bond acceptors (Lipinski definition) is 2. The summed E-state index contributed by atoms with van der Waals surface area (Å²) in [5.74, 6) is 0.0648. The predicted molar refractivity (Wildman–Crippen MR) is 144 cm³/mol. The van der Waals surface area contributed by atoms with Crippen LogP contribution >= 0.6 is 0 Å². The third kappa shape index (κ3) is 7.98. The number of aryl methyl sites for hydroxylation is 1. The number of aromatic nitrogens is 1. The van der Waals surface area contributed by atoms with Crippen LogP contribution in [0.15, 0.2) is 54.7 Å². The molecule has 0 aliphatic rings. The Bertz CT molecular complexity index is 1110. The first-order valence-corrected chi connectivity index (χ1v) is 12.8. The molecule has 0 saturated heterocycles. The number of H-pyrrole nitrogens is 1. The second-order valence-electron chi connectivity index (χ2n) is 10.8. The van der Waals surface area contributed by atoms with Crippen molar-refractivity contribution in [2.75, 3.05) is 19.6 Å². The van der Waals surface area contributed by atoms with Gasteiger partial charge in [-0.3, -0.25) is 9.59 Å². The minimum atomic E-state index is -0.110. The summed E-state index contributed by atoms with van der Waals surface area (Å²) in [4.78, 5) is 33.7. The first-order valence-electron chi connectivity index (χ1n) is 12.8. The number of rotatable bonds is 11. The maximum atomic E-state index is 13.6. The van der Waals surface area contributed by atoms with Gasteiger partial charge in [-0.05, 0) is 42.4 Å². The number of benzene rings is 2. The molecule has 35 heavy (non-hydrogen) atoms. The van der Waals surface area contributed by atoms with Crippen LogP contribution in [0.4, 0.5) is 0 Å². The van der Waals surface area contributed by atoms with Gasteiger partial charge < -0.3 is 14.8 Å². The Kier molecular flexibility index (Phi) is 9.13. The Morgan fingerprint density at radius 2 is 1.63 bits per heavy atom. The van der Waals surface area contributed by atoms with E-state index in [2.05, 4.69) is 76.0 Å². The lowest BCUT2D eigenvalue weighted by molar-refractivity contribution is -0.142. The third-order valence-electron chi connectivity index (χ3n) is 6.31. The van der Waals surface area contributed by atoms with E-state index in [1.807, 2.05) is 23.2 Å². The number of carbonyl (C=O) groups excluding carboxylic acids is 2. The molecular weight excluding hydrogens is 434 g/mol. The van der Waals surface area contributed by atoms with E-state index in [0.29, 0.717) is 26.1 Å². The van der Waals surface area contributed by atoms with E-state index in [9.17, 15) is 9.59 Å². The summed E-state index contributed by atoms with van der Waals surface area (Å²) in [6.45, 7) is 12.3. The molecule has 0 spiro atoms. The van der Waals surface area contributed by atoms with Crippen molar-refractivity contribution in [2.24, 2.45) is 5.41 Å². The Hall–Kier alpha value is -3.08. The van der Waals surface area contributed by atoms with Gasteiger partial charge in [-0.15, -0.1) is 0 Å². The van der Waals surface area contributed by atoms with Gasteiger partial charge in [-0.25, -0.2) is 0 Å². The first-order chi connectivity index (χ1) is 16.7. The van der Waals surface area contributed by atoms with E-state index in [0.717, 1.165) is 30.3 Å². The van der Waals surface area contributed by atoms with Crippen molar-refractivity contribution in [1.29, 1.82) is 0 Å². The molecule has 2 amide bonds.